The molecule has 1 aliphatic rings. The molecule has 1 aliphatic heterocycles. The molecule has 2 N–H and O–H groups in total. The van der Waals surface area contributed by atoms with E-state index in [1.807, 2.05) is 32.9 Å². The van der Waals surface area contributed by atoms with Gasteiger partial charge in [0.05, 0.1) is 11.7 Å². The number of amides is 1. The zero-order valence-corrected chi connectivity index (χ0v) is 14.6. The molecule has 5 nitrogen and oxygen atoms in total. The lowest BCUT2D eigenvalue weighted by Crippen LogP contribution is -2.42. The van der Waals surface area contributed by atoms with E-state index in [1.54, 1.807) is 11.0 Å². The Hall–Kier alpha value is -1.91. The maximum atomic E-state index is 12.3. The predicted octanol–water partition coefficient (Wildman–Crippen LogP) is 3.77. The molecule has 1 saturated heterocycles. The number of hydrogen-bond acceptors (Lipinski definition) is 4. The highest BCUT2D eigenvalue weighted by Gasteiger charge is 2.32. The van der Waals surface area contributed by atoms with E-state index in [0.717, 1.165) is 31.4 Å². The molecule has 0 aliphatic carbocycles. The van der Waals surface area contributed by atoms with E-state index in [9.17, 15) is 9.90 Å². The fourth-order valence-electron chi connectivity index (χ4n) is 2.78. The summed E-state index contributed by atoms with van der Waals surface area (Å²) in [4.78, 5) is 14.0. The molecule has 1 heterocycles. The van der Waals surface area contributed by atoms with Crippen molar-refractivity contribution >= 4 is 11.8 Å². The van der Waals surface area contributed by atoms with Gasteiger partial charge in [0.2, 0.25) is 0 Å². The lowest BCUT2D eigenvalue weighted by atomic mass is 10.1. The van der Waals surface area contributed by atoms with Crippen molar-refractivity contribution in [3.8, 4) is 5.75 Å². The summed E-state index contributed by atoms with van der Waals surface area (Å²) in [5.41, 5.74) is 1.33. The average molecular weight is 320 g/mol. The first-order valence-electron chi connectivity index (χ1n) is 8.35. The summed E-state index contributed by atoms with van der Waals surface area (Å²) < 4.78 is 5.47. The van der Waals surface area contributed by atoms with Gasteiger partial charge in [0.25, 0.3) is 0 Å². The Morgan fingerprint density at radius 3 is 2.78 bits per heavy atom. The molecule has 2 rings (SSSR count). The number of carbonyl (C=O) groups is 1. The molecule has 1 aromatic rings. The van der Waals surface area contributed by atoms with Crippen LogP contribution >= 0.6 is 0 Å². The number of likely N-dealkylation sites (tertiary alicyclic amines) is 1. The molecule has 23 heavy (non-hydrogen) atoms. The van der Waals surface area contributed by atoms with Crippen molar-refractivity contribution in [2.75, 3.05) is 18.4 Å². The number of phenols is 1. The van der Waals surface area contributed by atoms with Crippen LogP contribution < -0.4 is 5.32 Å². The van der Waals surface area contributed by atoms with E-state index in [4.69, 9.17) is 4.74 Å². The topological polar surface area (TPSA) is 61.8 Å². The fourth-order valence-corrected chi connectivity index (χ4v) is 2.78. The predicted molar refractivity (Wildman–Crippen MR) is 91.9 cm³/mol. The van der Waals surface area contributed by atoms with Gasteiger partial charge in [0.15, 0.2) is 0 Å². The summed E-state index contributed by atoms with van der Waals surface area (Å²) in [5.74, 6) is 0.256. The van der Waals surface area contributed by atoms with Crippen LogP contribution in [-0.2, 0) is 11.2 Å². The molecular weight excluding hydrogens is 292 g/mol. The van der Waals surface area contributed by atoms with Crippen molar-refractivity contribution in [1.29, 1.82) is 0 Å². The van der Waals surface area contributed by atoms with Crippen LogP contribution in [0.1, 0.15) is 46.1 Å². The lowest BCUT2D eigenvalue weighted by molar-refractivity contribution is 0.0235. The fraction of sp³-hybridized carbons (Fsp3) is 0.611. The van der Waals surface area contributed by atoms with Crippen LogP contribution in [0.3, 0.4) is 0 Å². The molecule has 1 atom stereocenters. The lowest BCUT2D eigenvalue weighted by Gasteiger charge is -2.29. The molecule has 128 valence electrons. The molecule has 0 radical (unpaired) electrons. The van der Waals surface area contributed by atoms with Crippen LogP contribution in [0, 0.1) is 0 Å². The smallest absolute Gasteiger partial charge is 0.410 e. The minimum Gasteiger partial charge on any atom is -0.506 e. The summed E-state index contributed by atoms with van der Waals surface area (Å²) in [6.07, 6.45) is 2.56. The molecule has 1 amide bonds. The first-order valence-corrected chi connectivity index (χ1v) is 8.35. The molecule has 0 spiro atoms. The summed E-state index contributed by atoms with van der Waals surface area (Å²) in [5, 5.41) is 13.3. The highest BCUT2D eigenvalue weighted by molar-refractivity contribution is 5.69. The highest BCUT2D eigenvalue weighted by Crippen LogP contribution is 2.26. The van der Waals surface area contributed by atoms with E-state index in [-0.39, 0.29) is 17.9 Å². The third-order valence-electron chi connectivity index (χ3n) is 4.00. The second-order valence-corrected chi connectivity index (χ2v) is 7.06. The number of carbonyl (C=O) groups excluding carboxylic acids is 1. The van der Waals surface area contributed by atoms with Crippen LogP contribution in [0.5, 0.6) is 5.75 Å². The maximum absolute atomic E-state index is 12.3. The van der Waals surface area contributed by atoms with Crippen molar-refractivity contribution in [1.82, 2.24) is 4.90 Å². The van der Waals surface area contributed by atoms with Crippen LogP contribution in [0.25, 0.3) is 0 Å². The number of phenolic OH excluding ortho intramolecular Hbond substituents is 1. The Kier molecular flexibility index (Phi) is 5.39. The van der Waals surface area contributed by atoms with Crippen LogP contribution in [0.15, 0.2) is 18.2 Å². The normalized spacial score (nSPS) is 18.1. The van der Waals surface area contributed by atoms with E-state index in [2.05, 4.69) is 12.2 Å². The van der Waals surface area contributed by atoms with Gasteiger partial charge in [-0.15, -0.1) is 0 Å². The number of anilines is 1. The monoisotopic (exact) mass is 320 g/mol. The molecule has 1 unspecified atom stereocenters. The van der Waals surface area contributed by atoms with E-state index < -0.39 is 5.60 Å². The summed E-state index contributed by atoms with van der Waals surface area (Å²) in [6, 6.07) is 5.77. The first-order chi connectivity index (χ1) is 10.8. The number of aromatic hydroxyl groups is 1. The number of hydrogen-bond donors (Lipinski definition) is 2. The highest BCUT2D eigenvalue weighted by atomic mass is 16.6. The van der Waals surface area contributed by atoms with Gasteiger partial charge in [0, 0.05) is 13.1 Å². The van der Waals surface area contributed by atoms with Gasteiger partial charge in [-0.25, -0.2) is 4.79 Å². The number of rotatable bonds is 4. The molecule has 0 saturated carbocycles. The van der Waals surface area contributed by atoms with E-state index >= 15 is 0 Å². The molecule has 1 fully saturated rings. The van der Waals surface area contributed by atoms with Gasteiger partial charge >= 0.3 is 6.09 Å². The van der Waals surface area contributed by atoms with Gasteiger partial charge in [-0.3, -0.25) is 0 Å². The SMILES string of the molecule is CCc1ccc(NCC2CCCN2C(=O)OC(C)(C)C)c(O)c1. The van der Waals surface area contributed by atoms with Gasteiger partial charge in [-0.05, 0) is 57.7 Å². The van der Waals surface area contributed by atoms with E-state index in [0.29, 0.717) is 12.2 Å². The van der Waals surface area contributed by atoms with Gasteiger partial charge in [-0.1, -0.05) is 13.0 Å². The van der Waals surface area contributed by atoms with Crippen molar-refractivity contribution in [3.05, 3.63) is 23.8 Å². The Morgan fingerprint density at radius 2 is 2.17 bits per heavy atom. The Balaban J connectivity index is 1.95. The standard InChI is InChI=1S/C18H28N2O3/c1-5-13-8-9-15(16(21)11-13)19-12-14-7-6-10-20(14)17(22)23-18(2,3)4/h8-9,11,14,19,21H,5-7,10,12H2,1-4H3. The number of nitrogens with one attached hydrogen (secondary N) is 1. The second-order valence-electron chi connectivity index (χ2n) is 7.06. The van der Waals surface area contributed by atoms with Crippen molar-refractivity contribution in [3.63, 3.8) is 0 Å². The quantitative estimate of drug-likeness (QED) is 0.829. The third-order valence-corrected chi connectivity index (χ3v) is 4.00. The zero-order chi connectivity index (χ0) is 17.0. The van der Waals surface area contributed by atoms with Gasteiger partial charge in [-0.2, -0.15) is 0 Å². The number of benzene rings is 1. The number of ether oxygens (including phenoxy) is 1. The summed E-state index contributed by atoms with van der Waals surface area (Å²) >= 11 is 0. The van der Waals surface area contributed by atoms with Gasteiger partial charge < -0.3 is 20.1 Å². The number of aryl methyl sites for hydroxylation is 1. The van der Waals surface area contributed by atoms with Crippen LogP contribution in [-0.4, -0.2) is 40.8 Å². The Labute approximate surface area is 138 Å². The average Bonchev–Trinajstić information content (AvgIpc) is 2.92. The molecule has 0 bridgehead atoms. The number of nitrogens with zero attached hydrogens (tertiary/aromatic N) is 1. The van der Waals surface area contributed by atoms with Gasteiger partial charge in [0.1, 0.15) is 11.4 Å². The van der Waals surface area contributed by atoms with Crippen LogP contribution in [0.4, 0.5) is 10.5 Å². The van der Waals surface area contributed by atoms with Crippen molar-refractivity contribution in [2.24, 2.45) is 0 Å². The summed E-state index contributed by atoms with van der Waals surface area (Å²) in [6.45, 7) is 9.02. The molecule has 0 aromatic heterocycles. The maximum Gasteiger partial charge on any atom is 0.410 e. The first kappa shape index (κ1) is 17.4. The minimum absolute atomic E-state index is 0.0927. The third kappa shape index (κ3) is 4.78. The molecular formula is C18H28N2O3. The van der Waals surface area contributed by atoms with E-state index in [1.165, 1.54) is 0 Å². The molecule has 5 heteroatoms. The Morgan fingerprint density at radius 1 is 1.43 bits per heavy atom. The summed E-state index contributed by atoms with van der Waals surface area (Å²) in [7, 11) is 0. The molecule has 1 aromatic carbocycles. The zero-order valence-electron chi connectivity index (χ0n) is 14.6. The minimum atomic E-state index is -0.480. The van der Waals surface area contributed by atoms with Crippen molar-refractivity contribution < 1.29 is 14.6 Å². The largest absolute Gasteiger partial charge is 0.506 e. The van der Waals surface area contributed by atoms with Crippen LogP contribution in [0.2, 0.25) is 0 Å². The Bertz CT molecular complexity index is 552. The van der Waals surface area contributed by atoms with Crippen molar-refractivity contribution in [2.45, 2.75) is 58.6 Å². The second kappa shape index (κ2) is 7.11.